The molecule has 0 radical (unpaired) electrons. The highest BCUT2D eigenvalue weighted by molar-refractivity contribution is 5.82. The van der Waals surface area contributed by atoms with E-state index in [4.69, 9.17) is 5.73 Å². The highest BCUT2D eigenvalue weighted by atomic mass is 19.1. The number of halogens is 1. The molecule has 1 aromatic rings. The predicted octanol–water partition coefficient (Wildman–Crippen LogP) is 1.62. The van der Waals surface area contributed by atoms with Gasteiger partial charge in [-0.1, -0.05) is 12.1 Å². The van der Waals surface area contributed by atoms with E-state index >= 15 is 0 Å². The van der Waals surface area contributed by atoms with Crippen LogP contribution in [0.5, 0.6) is 0 Å². The molecule has 2 rings (SSSR count). The Bertz CT molecular complexity index is 445. The van der Waals surface area contributed by atoms with Gasteiger partial charge in [0.2, 0.25) is 5.91 Å². The third kappa shape index (κ3) is 2.05. The summed E-state index contributed by atoms with van der Waals surface area (Å²) in [6, 6.07) is 4.30. The third-order valence-electron chi connectivity index (χ3n) is 3.32. The van der Waals surface area contributed by atoms with Crippen LogP contribution < -0.4 is 5.73 Å². The van der Waals surface area contributed by atoms with E-state index in [1.165, 1.54) is 6.07 Å². The summed E-state index contributed by atoms with van der Waals surface area (Å²) < 4.78 is 13.8. The van der Waals surface area contributed by atoms with Crippen molar-refractivity contribution in [2.24, 2.45) is 5.73 Å². The van der Waals surface area contributed by atoms with Crippen molar-refractivity contribution >= 4 is 5.91 Å². The Morgan fingerprint density at radius 1 is 1.59 bits per heavy atom. The average molecular weight is 236 g/mol. The minimum atomic E-state index is -0.536. The second kappa shape index (κ2) is 4.45. The van der Waals surface area contributed by atoms with Crippen molar-refractivity contribution in [3.63, 3.8) is 0 Å². The molecular formula is C13H17FN2O. The van der Waals surface area contributed by atoms with E-state index < -0.39 is 6.04 Å². The summed E-state index contributed by atoms with van der Waals surface area (Å²) >= 11 is 0. The molecule has 3 nitrogen and oxygen atoms in total. The van der Waals surface area contributed by atoms with Crippen LogP contribution in [0, 0.1) is 5.82 Å². The minimum absolute atomic E-state index is 0.119. The zero-order valence-corrected chi connectivity index (χ0v) is 10.1. The van der Waals surface area contributed by atoms with E-state index in [9.17, 15) is 9.18 Å². The number of nitrogens with zero attached hydrogens (tertiary/aromatic N) is 1. The molecule has 1 amide bonds. The first-order chi connectivity index (χ1) is 8.02. The Morgan fingerprint density at radius 3 is 2.94 bits per heavy atom. The number of benzene rings is 1. The first kappa shape index (κ1) is 12.0. The lowest BCUT2D eigenvalue weighted by Gasteiger charge is -2.36. The van der Waals surface area contributed by atoms with Crippen LogP contribution in [0.25, 0.3) is 0 Å². The monoisotopic (exact) mass is 236 g/mol. The predicted molar refractivity (Wildman–Crippen MR) is 63.9 cm³/mol. The number of nitrogens with two attached hydrogens (primary N) is 1. The number of hydrogen-bond donors (Lipinski definition) is 1. The van der Waals surface area contributed by atoms with Crippen LogP contribution >= 0.6 is 0 Å². The van der Waals surface area contributed by atoms with Crippen molar-refractivity contribution in [3.8, 4) is 0 Å². The van der Waals surface area contributed by atoms with Gasteiger partial charge >= 0.3 is 0 Å². The van der Waals surface area contributed by atoms with Crippen LogP contribution in [-0.4, -0.2) is 23.4 Å². The molecule has 1 heterocycles. The number of carbonyl (C=O) groups excluding carboxylic acids is 1. The van der Waals surface area contributed by atoms with Crippen LogP contribution in [0.1, 0.15) is 31.0 Å². The van der Waals surface area contributed by atoms with Gasteiger partial charge in [-0.15, -0.1) is 0 Å². The second-order valence-electron chi connectivity index (χ2n) is 4.56. The van der Waals surface area contributed by atoms with Crippen LogP contribution in [0.15, 0.2) is 18.2 Å². The number of rotatable bonds is 1. The number of hydrogen-bond acceptors (Lipinski definition) is 2. The number of carbonyl (C=O) groups is 1. The summed E-state index contributed by atoms with van der Waals surface area (Å²) in [5.74, 6) is -0.358. The van der Waals surface area contributed by atoms with Crippen molar-refractivity contribution in [3.05, 3.63) is 35.1 Å². The zero-order valence-electron chi connectivity index (χ0n) is 10.1. The van der Waals surface area contributed by atoms with Crippen LogP contribution in [0.4, 0.5) is 4.39 Å². The fraction of sp³-hybridized carbons (Fsp3) is 0.462. The van der Waals surface area contributed by atoms with Crippen molar-refractivity contribution in [1.82, 2.24) is 4.90 Å². The molecule has 2 atom stereocenters. The first-order valence-corrected chi connectivity index (χ1v) is 5.85. The average Bonchev–Trinajstić information content (AvgIpc) is 2.28. The van der Waals surface area contributed by atoms with Crippen molar-refractivity contribution < 1.29 is 9.18 Å². The van der Waals surface area contributed by atoms with E-state index in [0.717, 1.165) is 5.56 Å². The molecule has 0 spiro atoms. The summed E-state index contributed by atoms with van der Waals surface area (Å²) in [4.78, 5) is 13.6. The summed E-state index contributed by atoms with van der Waals surface area (Å²) in [5, 5.41) is 0. The SMILES string of the molecule is CC1c2c(F)cccc2CCN1C(=O)[C@@H](C)N. The lowest BCUT2D eigenvalue weighted by Crippen LogP contribution is -2.46. The topological polar surface area (TPSA) is 46.3 Å². The van der Waals surface area contributed by atoms with Gasteiger partial charge in [0.15, 0.2) is 0 Å². The van der Waals surface area contributed by atoms with Crippen molar-refractivity contribution in [2.75, 3.05) is 6.54 Å². The molecule has 0 aliphatic carbocycles. The molecule has 0 bridgehead atoms. The summed E-state index contributed by atoms with van der Waals surface area (Å²) in [6.07, 6.45) is 0.690. The molecule has 0 saturated heterocycles. The molecule has 0 saturated carbocycles. The van der Waals surface area contributed by atoms with E-state index in [1.54, 1.807) is 17.9 Å². The molecule has 0 aromatic heterocycles. The highest BCUT2D eigenvalue weighted by Crippen LogP contribution is 2.31. The summed E-state index contributed by atoms with van der Waals surface area (Å²) in [6.45, 7) is 4.12. The molecule has 17 heavy (non-hydrogen) atoms. The maximum atomic E-state index is 13.8. The normalized spacial score (nSPS) is 20.9. The largest absolute Gasteiger partial charge is 0.334 e. The lowest BCUT2D eigenvalue weighted by molar-refractivity contribution is -0.134. The molecule has 1 aliphatic heterocycles. The molecule has 1 aliphatic rings. The summed E-state index contributed by atoms with van der Waals surface area (Å²) in [5.41, 5.74) is 7.23. The minimum Gasteiger partial charge on any atom is -0.334 e. The van der Waals surface area contributed by atoms with E-state index in [1.807, 2.05) is 13.0 Å². The first-order valence-electron chi connectivity index (χ1n) is 5.85. The standard InChI is InChI=1S/C13H17FN2O/c1-8(15)13(17)16-7-6-10-4-3-5-11(14)12(10)9(16)2/h3-5,8-9H,6-7,15H2,1-2H3/t8-,9?/m1/s1. The van der Waals surface area contributed by atoms with Crippen LogP contribution in [0.2, 0.25) is 0 Å². The van der Waals surface area contributed by atoms with Gasteiger partial charge in [-0.25, -0.2) is 4.39 Å². The fourth-order valence-corrected chi connectivity index (χ4v) is 2.42. The molecule has 4 heteroatoms. The Kier molecular flexibility index (Phi) is 3.15. The van der Waals surface area contributed by atoms with Gasteiger partial charge in [0, 0.05) is 12.1 Å². The van der Waals surface area contributed by atoms with Crippen LogP contribution in [-0.2, 0) is 11.2 Å². The van der Waals surface area contributed by atoms with Gasteiger partial charge in [-0.2, -0.15) is 0 Å². The van der Waals surface area contributed by atoms with Crippen LogP contribution in [0.3, 0.4) is 0 Å². The molecule has 92 valence electrons. The van der Waals surface area contributed by atoms with Gasteiger partial charge in [-0.05, 0) is 31.9 Å². The third-order valence-corrected chi connectivity index (χ3v) is 3.32. The van der Waals surface area contributed by atoms with Gasteiger partial charge in [0.25, 0.3) is 0 Å². The molecular weight excluding hydrogens is 219 g/mol. The smallest absolute Gasteiger partial charge is 0.239 e. The van der Waals surface area contributed by atoms with Gasteiger partial charge in [0.05, 0.1) is 12.1 Å². The van der Waals surface area contributed by atoms with Crippen molar-refractivity contribution in [1.29, 1.82) is 0 Å². The van der Waals surface area contributed by atoms with E-state index in [-0.39, 0.29) is 17.8 Å². The Morgan fingerprint density at radius 2 is 2.29 bits per heavy atom. The zero-order chi connectivity index (χ0) is 12.6. The fourth-order valence-electron chi connectivity index (χ4n) is 2.42. The van der Waals surface area contributed by atoms with Crippen molar-refractivity contribution in [2.45, 2.75) is 32.4 Å². The van der Waals surface area contributed by atoms with E-state index in [0.29, 0.717) is 18.5 Å². The van der Waals surface area contributed by atoms with Gasteiger partial charge < -0.3 is 10.6 Å². The molecule has 1 unspecified atom stereocenters. The molecule has 2 N–H and O–H groups in total. The number of amides is 1. The lowest BCUT2D eigenvalue weighted by atomic mass is 9.92. The Hall–Kier alpha value is -1.42. The van der Waals surface area contributed by atoms with Gasteiger partial charge in [0.1, 0.15) is 5.82 Å². The Labute approximate surface area is 100 Å². The van der Waals surface area contributed by atoms with Gasteiger partial charge in [-0.3, -0.25) is 4.79 Å². The maximum Gasteiger partial charge on any atom is 0.239 e. The second-order valence-corrected chi connectivity index (χ2v) is 4.56. The van der Waals surface area contributed by atoms with E-state index in [2.05, 4.69) is 0 Å². The number of fused-ring (bicyclic) bond motifs is 1. The Balaban J connectivity index is 2.36. The molecule has 0 fully saturated rings. The highest BCUT2D eigenvalue weighted by Gasteiger charge is 2.30. The quantitative estimate of drug-likeness (QED) is 0.805. The summed E-state index contributed by atoms with van der Waals surface area (Å²) in [7, 11) is 0. The maximum absolute atomic E-state index is 13.8. The molecule has 1 aromatic carbocycles.